The Balaban J connectivity index is 1.67. The number of rotatable bonds is 7. The lowest BCUT2D eigenvalue weighted by Crippen LogP contribution is -2.38. The van der Waals surface area contributed by atoms with Crippen molar-refractivity contribution in [2.24, 2.45) is 11.8 Å². The SMILES string of the molecule is CC(C)CN1C[C@@H](C(=O)NCCNC(=O)c2cccs2)CC1=O. The Morgan fingerprint density at radius 1 is 1.35 bits per heavy atom. The second-order valence-corrected chi connectivity index (χ2v) is 7.07. The second kappa shape index (κ2) is 8.10. The number of thiophene rings is 1. The minimum absolute atomic E-state index is 0.0462. The van der Waals surface area contributed by atoms with E-state index in [1.165, 1.54) is 11.3 Å². The van der Waals surface area contributed by atoms with Crippen LogP contribution < -0.4 is 10.6 Å². The summed E-state index contributed by atoms with van der Waals surface area (Å²) in [5, 5.41) is 7.39. The Labute approximate surface area is 140 Å². The third-order valence-electron chi connectivity index (χ3n) is 3.63. The van der Waals surface area contributed by atoms with Gasteiger partial charge in [0.25, 0.3) is 5.91 Å². The van der Waals surface area contributed by atoms with Crippen LogP contribution in [0.5, 0.6) is 0 Å². The maximum absolute atomic E-state index is 12.1. The van der Waals surface area contributed by atoms with Crippen molar-refractivity contribution < 1.29 is 14.4 Å². The molecular formula is C16H23N3O3S. The van der Waals surface area contributed by atoms with E-state index in [0.717, 1.165) is 0 Å². The molecule has 2 rings (SSSR count). The molecule has 1 aliphatic heterocycles. The molecule has 7 heteroatoms. The summed E-state index contributed by atoms with van der Waals surface area (Å²) in [7, 11) is 0. The number of nitrogens with one attached hydrogen (secondary N) is 2. The van der Waals surface area contributed by atoms with Crippen LogP contribution in [0.3, 0.4) is 0 Å². The highest BCUT2D eigenvalue weighted by Crippen LogP contribution is 2.19. The molecule has 23 heavy (non-hydrogen) atoms. The Kier molecular flexibility index (Phi) is 6.15. The van der Waals surface area contributed by atoms with E-state index in [-0.39, 0.29) is 30.1 Å². The van der Waals surface area contributed by atoms with Crippen molar-refractivity contribution in [2.45, 2.75) is 20.3 Å². The molecule has 1 atom stereocenters. The van der Waals surface area contributed by atoms with Gasteiger partial charge in [0.15, 0.2) is 0 Å². The predicted molar refractivity (Wildman–Crippen MR) is 89.2 cm³/mol. The first-order chi connectivity index (χ1) is 11.0. The van der Waals surface area contributed by atoms with Crippen LogP contribution in [-0.4, -0.2) is 48.8 Å². The Morgan fingerprint density at radius 3 is 2.74 bits per heavy atom. The van der Waals surface area contributed by atoms with Gasteiger partial charge in [-0.15, -0.1) is 11.3 Å². The number of nitrogens with zero attached hydrogens (tertiary/aromatic N) is 1. The molecule has 126 valence electrons. The fourth-order valence-electron chi connectivity index (χ4n) is 2.57. The summed E-state index contributed by atoms with van der Waals surface area (Å²) in [6, 6.07) is 3.58. The zero-order valence-corrected chi connectivity index (χ0v) is 14.3. The summed E-state index contributed by atoms with van der Waals surface area (Å²) in [4.78, 5) is 38.1. The summed E-state index contributed by atoms with van der Waals surface area (Å²) in [6.45, 7) is 6.03. The van der Waals surface area contributed by atoms with Gasteiger partial charge in [-0.1, -0.05) is 19.9 Å². The third kappa shape index (κ3) is 5.06. The van der Waals surface area contributed by atoms with Gasteiger partial charge < -0.3 is 15.5 Å². The smallest absolute Gasteiger partial charge is 0.261 e. The molecule has 1 fully saturated rings. The lowest BCUT2D eigenvalue weighted by Gasteiger charge is -2.18. The van der Waals surface area contributed by atoms with Gasteiger partial charge in [-0.2, -0.15) is 0 Å². The average Bonchev–Trinajstić information content (AvgIpc) is 3.13. The minimum Gasteiger partial charge on any atom is -0.354 e. The highest BCUT2D eigenvalue weighted by atomic mass is 32.1. The molecule has 0 aromatic carbocycles. The maximum atomic E-state index is 12.1. The molecular weight excluding hydrogens is 314 g/mol. The molecule has 1 saturated heterocycles. The molecule has 0 unspecified atom stereocenters. The van der Waals surface area contributed by atoms with E-state index < -0.39 is 0 Å². The van der Waals surface area contributed by atoms with E-state index in [0.29, 0.717) is 37.0 Å². The van der Waals surface area contributed by atoms with Crippen molar-refractivity contribution in [2.75, 3.05) is 26.2 Å². The number of hydrogen-bond acceptors (Lipinski definition) is 4. The van der Waals surface area contributed by atoms with Crippen molar-refractivity contribution in [1.29, 1.82) is 0 Å². The van der Waals surface area contributed by atoms with Gasteiger partial charge >= 0.3 is 0 Å². The van der Waals surface area contributed by atoms with Crippen LogP contribution in [0.1, 0.15) is 29.9 Å². The fourth-order valence-corrected chi connectivity index (χ4v) is 3.21. The van der Waals surface area contributed by atoms with Crippen LogP contribution in [0.15, 0.2) is 17.5 Å². The molecule has 1 aromatic rings. The minimum atomic E-state index is -0.283. The number of likely N-dealkylation sites (tertiary alicyclic amines) is 1. The highest BCUT2D eigenvalue weighted by molar-refractivity contribution is 7.12. The van der Waals surface area contributed by atoms with Gasteiger partial charge in [0.05, 0.1) is 10.8 Å². The molecule has 3 amide bonds. The van der Waals surface area contributed by atoms with E-state index in [2.05, 4.69) is 24.5 Å². The lowest BCUT2D eigenvalue weighted by molar-refractivity contribution is -0.129. The van der Waals surface area contributed by atoms with Crippen molar-refractivity contribution in [3.05, 3.63) is 22.4 Å². The van der Waals surface area contributed by atoms with E-state index in [9.17, 15) is 14.4 Å². The summed E-state index contributed by atoms with van der Waals surface area (Å²) in [6.07, 6.45) is 0.278. The Bertz CT molecular complexity index is 557. The Morgan fingerprint density at radius 2 is 2.09 bits per heavy atom. The monoisotopic (exact) mass is 337 g/mol. The number of hydrogen-bond donors (Lipinski definition) is 2. The summed E-state index contributed by atoms with van der Waals surface area (Å²) in [5.74, 6) is -0.0873. The van der Waals surface area contributed by atoms with Crippen LogP contribution in [0.25, 0.3) is 0 Å². The molecule has 2 heterocycles. The van der Waals surface area contributed by atoms with E-state index in [1.807, 2.05) is 11.4 Å². The van der Waals surface area contributed by atoms with Crippen molar-refractivity contribution in [1.82, 2.24) is 15.5 Å². The van der Waals surface area contributed by atoms with E-state index in [4.69, 9.17) is 0 Å². The molecule has 1 aliphatic rings. The van der Waals surface area contributed by atoms with Crippen LogP contribution in [-0.2, 0) is 9.59 Å². The largest absolute Gasteiger partial charge is 0.354 e. The topological polar surface area (TPSA) is 78.5 Å². The van der Waals surface area contributed by atoms with E-state index >= 15 is 0 Å². The highest BCUT2D eigenvalue weighted by Gasteiger charge is 2.34. The van der Waals surface area contributed by atoms with Crippen molar-refractivity contribution in [3.8, 4) is 0 Å². The van der Waals surface area contributed by atoms with Gasteiger partial charge in [0, 0.05) is 32.6 Å². The lowest BCUT2D eigenvalue weighted by atomic mass is 10.1. The first-order valence-corrected chi connectivity index (χ1v) is 8.72. The average molecular weight is 337 g/mol. The third-order valence-corrected chi connectivity index (χ3v) is 4.49. The summed E-state index contributed by atoms with van der Waals surface area (Å²) < 4.78 is 0. The molecule has 0 bridgehead atoms. The quantitative estimate of drug-likeness (QED) is 0.731. The first kappa shape index (κ1) is 17.5. The van der Waals surface area contributed by atoms with Gasteiger partial charge in [-0.05, 0) is 17.4 Å². The van der Waals surface area contributed by atoms with Crippen LogP contribution in [0, 0.1) is 11.8 Å². The van der Waals surface area contributed by atoms with Crippen LogP contribution in [0.2, 0.25) is 0 Å². The summed E-state index contributed by atoms with van der Waals surface area (Å²) in [5.41, 5.74) is 0. The number of amides is 3. The summed E-state index contributed by atoms with van der Waals surface area (Å²) >= 11 is 1.38. The van der Waals surface area contributed by atoms with Crippen molar-refractivity contribution in [3.63, 3.8) is 0 Å². The molecule has 1 aromatic heterocycles. The molecule has 0 aliphatic carbocycles. The van der Waals surface area contributed by atoms with Gasteiger partial charge in [0.1, 0.15) is 0 Å². The zero-order valence-electron chi connectivity index (χ0n) is 13.5. The van der Waals surface area contributed by atoms with Gasteiger partial charge in [-0.25, -0.2) is 0 Å². The fraction of sp³-hybridized carbons (Fsp3) is 0.562. The molecule has 6 nitrogen and oxygen atoms in total. The number of carbonyl (C=O) groups excluding carboxylic acids is 3. The van der Waals surface area contributed by atoms with Crippen molar-refractivity contribution >= 4 is 29.1 Å². The normalized spacial score (nSPS) is 17.6. The molecule has 0 spiro atoms. The zero-order chi connectivity index (χ0) is 16.8. The molecule has 2 N–H and O–H groups in total. The first-order valence-electron chi connectivity index (χ1n) is 7.84. The van der Waals surface area contributed by atoms with Gasteiger partial charge in [0.2, 0.25) is 11.8 Å². The standard InChI is InChI=1S/C16H23N3O3S/c1-11(2)9-19-10-12(8-14(19)20)15(21)17-5-6-18-16(22)13-4-3-7-23-13/h3-4,7,11-12H,5-6,8-10H2,1-2H3,(H,17,21)(H,18,22)/t12-/m0/s1. The van der Waals surface area contributed by atoms with Crippen LogP contribution >= 0.6 is 11.3 Å². The van der Waals surface area contributed by atoms with Crippen LogP contribution in [0.4, 0.5) is 0 Å². The number of carbonyl (C=O) groups is 3. The maximum Gasteiger partial charge on any atom is 0.261 e. The molecule has 0 radical (unpaired) electrons. The van der Waals surface area contributed by atoms with E-state index in [1.54, 1.807) is 11.0 Å². The second-order valence-electron chi connectivity index (χ2n) is 6.12. The Hall–Kier alpha value is -1.89. The molecule has 0 saturated carbocycles. The van der Waals surface area contributed by atoms with Gasteiger partial charge in [-0.3, -0.25) is 14.4 Å². The predicted octanol–water partition coefficient (Wildman–Crippen LogP) is 1.10.